The molecule has 2 aliphatic heterocycles. The molecule has 0 aromatic heterocycles. The molecular weight excluding hydrogens is 977 g/mol. The van der Waals surface area contributed by atoms with Gasteiger partial charge in [-0.1, -0.05) is 239 Å². The number of carbonyl (C=O) groups excluding carboxylic acids is 2. The van der Waals surface area contributed by atoms with Crippen LogP contribution < -0.4 is 10.6 Å². The molecule has 0 aliphatic carbocycles. The molecule has 17 heteroatoms. The van der Waals surface area contributed by atoms with Crippen molar-refractivity contribution in [3.8, 4) is 0 Å². The van der Waals surface area contributed by atoms with Gasteiger partial charge in [0.15, 0.2) is 12.6 Å². The maximum atomic E-state index is 13.4. The van der Waals surface area contributed by atoms with E-state index in [-0.39, 0.29) is 12.8 Å². The summed E-state index contributed by atoms with van der Waals surface area (Å²) < 4.78 is 23.2. The Labute approximate surface area is 459 Å². The van der Waals surface area contributed by atoms with Crippen LogP contribution >= 0.6 is 0 Å². The monoisotopic (exact) mass is 1090 g/mol. The van der Waals surface area contributed by atoms with Crippen molar-refractivity contribution in [3.05, 3.63) is 0 Å². The first-order valence-electron chi connectivity index (χ1n) is 30.9. The highest BCUT2D eigenvalue weighted by molar-refractivity contribution is 5.80. The summed E-state index contributed by atoms with van der Waals surface area (Å²) in [7, 11) is 0. The summed E-state index contributed by atoms with van der Waals surface area (Å²) in [5.74, 6) is -1.37. The molecule has 2 saturated heterocycles. The van der Waals surface area contributed by atoms with Crippen LogP contribution in [0.3, 0.4) is 0 Å². The third-order valence-corrected chi connectivity index (χ3v) is 15.7. The van der Waals surface area contributed by atoms with Gasteiger partial charge < -0.3 is 75.5 Å². The molecule has 14 atom stereocenters. The van der Waals surface area contributed by atoms with Crippen LogP contribution in [0.1, 0.15) is 258 Å². The fourth-order valence-electron chi connectivity index (χ4n) is 10.7. The lowest BCUT2D eigenvalue weighted by atomic mass is 9.95. The van der Waals surface area contributed by atoms with Crippen molar-refractivity contribution in [2.75, 3.05) is 19.8 Å². The minimum Gasteiger partial charge on any atom is -0.394 e. The molecule has 0 aromatic carbocycles. The molecule has 2 fully saturated rings. The Hall–Kier alpha value is -1.58. The number of ether oxygens (including phenoxy) is 4. The first-order valence-corrected chi connectivity index (χ1v) is 30.9. The first kappa shape index (κ1) is 70.5. The van der Waals surface area contributed by atoms with Crippen LogP contribution in [-0.4, -0.2) is 163 Å². The van der Waals surface area contributed by atoms with Crippen LogP contribution in [0, 0.1) is 0 Å². The van der Waals surface area contributed by atoms with E-state index in [1.54, 1.807) is 0 Å². The molecule has 2 amide bonds. The van der Waals surface area contributed by atoms with Crippen LogP contribution in [0.4, 0.5) is 0 Å². The number of amides is 2. The Kier molecular flexibility index (Phi) is 41.8. The zero-order valence-electron chi connectivity index (χ0n) is 47.8. The summed E-state index contributed by atoms with van der Waals surface area (Å²) in [4.78, 5) is 25.4. The number of carbonyl (C=O) groups is 2. The Balaban J connectivity index is 1.87. The molecule has 17 nitrogen and oxygen atoms in total. The van der Waals surface area contributed by atoms with E-state index in [4.69, 9.17) is 18.9 Å². The predicted octanol–water partition coefficient (Wildman–Crippen LogP) is 7.81. The standard InChI is InChI=1S/C59H114N2O15/c1-4-6-8-10-12-14-16-18-20-21-22-23-24-25-26-28-30-32-34-36-38-40-47(66)57(72)61-45(51(67)46(65)39-37-35-33-31-29-27-19-17-15-13-11-9-7-5-2)43-73-59-55(71)54(70)56(49(42-63)75-59)76-58-50(60-44(3)64)53(69)52(68)48(41-62)74-58/h45-56,58-59,62-63,65-71H,4-43H2,1-3H3,(H,60,64)(H,61,72). The molecule has 14 unspecified atom stereocenters. The number of hydrogen-bond acceptors (Lipinski definition) is 15. The van der Waals surface area contributed by atoms with Crippen LogP contribution in [0.2, 0.25) is 0 Å². The largest absolute Gasteiger partial charge is 0.394 e. The van der Waals surface area contributed by atoms with Gasteiger partial charge in [0.2, 0.25) is 11.8 Å². The van der Waals surface area contributed by atoms with Gasteiger partial charge in [0, 0.05) is 6.92 Å². The molecule has 450 valence electrons. The Morgan fingerprint density at radius 2 is 0.868 bits per heavy atom. The number of aliphatic hydroxyl groups excluding tert-OH is 9. The molecule has 11 N–H and O–H groups in total. The Bertz CT molecular complexity index is 1390. The van der Waals surface area contributed by atoms with Gasteiger partial charge in [0.25, 0.3) is 0 Å². The maximum absolute atomic E-state index is 13.4. The molecule has 0 radical (unpaired) electrons. The van der Waals surface area contributed by atoms with E-state index in [1.807, 2.05) is 0 Å². The van der Waals surface area contributed by atoms with E-state index in [0.29, 0.717) is 12.8 Å². The third-order valence-electron chi connectivity index (χ3n) is 15.7. The van der Waals surface area contributed by atoms with Crippen molar-refractivity contribution in [1.82, 2.24) is 10.6 Å². The van der Waals surface area contributed by atoms with Crippen LogP contribution in [0.5, 0.6) is 0 Å². The van der Waals surface area contributed by atoms with E-state index in [9.17, 15) is 55.5 Å². The minimum absolute atomic E-state index is 0.203. The second kappa shape index (κ2) is 45.1. The number of aliphatic hydroxyl groups is 9. The van der Waals surface area contributed by atoms with Crippen molar-refractivity contribution < 1.29 is 74.5 Å². The smallest absolute Gasteiger partial charge is 0.249 e. The van der Waals surface area contributed by atoms with E-state index >= 15 is 0 Å². The predicted molar refractivity (Wildman–Crippen MR) is 296 cm³/mol. The van der Waals surface area contributed by atoms with Gasteiger partial charge in [-0.15, -0.1) is 0 Å². The summed E-state index contributed by atoms with van der Waals surface area (Å²) >= 11 is 0. The van der Waals surface area contributed by atoms with E-state index in [2.05, 4.69) is 24.5 Å². The normalized spacial score (nSPS) is 25.5. The third kappa shape index (κ3) is 30.3. The fraction of sp³-hybridized carbons (Fsp3) is 0.966. The molecule has 0 aromatic rings. The van der Waals surface area contributed by atoms with Crippen LogP contribution in [0.25, 0.3) is 0 Å². The summed E-state index contributed by atoms with van der Waals surface area (Å²) in [6.45, 7) is 3.61. The zero-order valence-corrected chi connectivity index (χ0v) is 47.8. The Morgan fingerprint density at radius 3 is 1.26 bits per heavy atom. The average Bonchev–Trinajstić information content (AvgIpc) is 3.41. The maximum Gasteiger partial charge on any atom is 0.249 e. The first-order chi connectivity index (χ1) is 36.8. The topological polar surface area (TPSA) is 277 Å². The van der Waals surface area contributed by atoms with Crippen LogP contribution in [0.15, 0.2) is 0 Å². The van der Waals surface area contributed by atoms with Crippen molar-refractivity contribution >= 4 is 11.8 Å². The van der Waals surface area contributed by atoms with Gasteiger partial charge in [-0.2, -0.15) is 0 Å². The molecule has 0 spiro atoms. The molecule has 2 heterocycles. The highest BCUT2D eigenvalue weighted by Crippen LogP contribution is 2.30. The highest BCUT2D eigenvalue weighted by atomic mass is 16.7. The average molecular weight is 1090 g/mol. The molecule has 76 heavy (non-hydrogen) atoms. The van der Waals surface area contributed by atoms with Gasteiger partial charge in [-0.05, 0) is 12.8 Å². The second-order valence-corrected chi connectivity index (χ2v) is 22.5. The van der Waals surface area contributed by atoms with Gasteiger partial charge in [0.05, 0.1) is 32.0 Å². The zero-order chi connectivity index (χ0) is 55.8. The number of rotatable bonds is 49. The Morgan fingerprint density at radius 1 is 0.487 bits per heavy atom. The van der Waals surface area contributed by atoms with Crippen molar-refractivity contribution in [1.29, 1.82) is 0 Å². The van der Waals surface area contributed by atoms with Crippen LogP contribution in [-0.2, 0) is 28.5 Å². The summed E-state index contributed by atoms with van der Waals surface area (Å²) in [5.41, 5.74) is 0. The summed E-state index contributed by atoms with van der Waals surface area (Å²) in [6, 6.07) is -2.67. The van der Waals surface area contributed by atoms with Gasteiger partial charge >= 0.3 is 0 Å². The van der Waals surface area contributed by atoms with Gasteiger partial charge in [-0.25, -0.2) is 0 Å². The molecule has 2 rings (SSSR count). The lowest BCUT2D eigenvalue weighted by Crippen LogP contribution is -2.67. The second-order valence-electron chi connectivity index (χ2n) is 22.5. The van der Waals surface area contributed by atoms with Gasteiger partial charge in [-0.3, -0.25) is 9.59 Å². The van der Waals surface area contributed by atoms with E-state index in [0.717, 1.165) is 51.9 Å². The lowest BCUT2D eigenvalue weighted by molar-refractivity contribution is -0.347. The quantitative estimate of drug-likeness (QED) is 0.0259. The van der Waals surface area contributed by atoms with Crippen molar-refractivity contribution in [3.63, 3.8) is 0 Å². The van der Waals surface area contributed by atoms with Crippen molar-refractivity contribution in [2.45, 2.75) is 344 Å². The van der Waals surface area contributed by atoms with Gasteiger partial charge in [0.1, 0.15) is 61.0 Å². The molecule has 0 saturated carbocycles. The lowest BCUT2D eigenvalue weighted by Gasteiger charge is -2.47. The highest BCUT2D eigenvalue weighted by Gasteiger charge is 2.51. The van der Waals surface area contributed by atoms with E-state index in [1.165, 1.54) is 167 Å². The SMILES string of the molecule is CCCCCCCCCCCCCCCCCCCCCCCC(O)C(=O)NC(COC1OC(CO)C(OC2OC(CO)C(O)C(O)C2NC(C)=O)C(O)C1O)C(O)C(O)CCCCCCCCCCCCCCCC. The fourth-order valence-corrected chi connectivity index (χ4v) is 10.7. The molecular formula is C59H114N2O15. The number of nitrogens with one attached hydrogen (secondary N) is 2. The minimum atomic E-state index is -1.86. The molecule has 0 bridgehead atoms. The van der Waals surface area contributed by atoms with Crippen molar-refractivity contribution in [2.24, 2.45) is 0 Å². The summed E-state index contributed by atoms with van der Waals surface area (Å²) in [5, 5.41) is 102. The molecule has 2 aliphatic rings. The van der Waals surface area contributed by atoms with E-state index < -0.39 is 117 Å². The number of hydrogen-bond donors (Lipinski definition) is 11. The number of unbranched alkanes of at least 4 members (excludes halogenated alkanes) is 33. The summed E-state index contributed by atoms with van der Waals surface area (Å²) in [6.07, 6.45) is 24.4.